The number of rotatable bonds is 3. The van der Waals surface area contributed by atoms with Gasteiger partial charge >= 0.3 is 0 Å². The van der Waals surface area contributed by atoms with E-state index >= 15 is 0 Å². The monoisotopic (exact) mass is 245 g/mol. The lowest BCUT2D eigenvalue weighted by Crippen LogP contribution is -2.41. The Kier molecular flexibility index (Phi) is 5.12. The van der Waals surface area contributed by atoms with Gasteiger partial charge in [0.2, 0.25) is 5.91 Å². The second-order valence-electron chi connectivity index (χ2n) is 5.22. The number of likely N-dealkylation sites (tertiary alicyclic amines) is 1. The largest absolute Gasteiger partial charge is 0.381 e. The van der Waals surface area contributed by atoms with Gasteiger partial charge in [-0.05, 0) is 12.8 Å². The van der Waals surface area contributed by atoms with Crippen molar-refractivity contribution in [2.45, 2.75) is 44.5 Å². The van der Waals surface area contributed by atoms with Crippen LogP contribution in [0.3, 0.4) is 0 Å². The summed E-state index contributed by atoms with van der Waals surface area (Å²) >= 11 is 1.72. The van der Waals surface area contributed by atoms with E-state index in [1.807, 2.05) is 4.90 Å². The van der Waals surface area contributed by atoms with Gasteiger partial charge in [0.25, 0.3) is 0 Å². The van der Waals surface area contributed by atoms with Gasteiger partial charge in [-0.2, -0.15) is 0 Å². The van der Waals surface area contributed by atoms with Gasteiger partial charge in [0.1, 0.15) is 0 Å². The Morgan fingerprint density at radius 1 is 1.38 bits per heavy atom. The Bertz CT molecular complexity index is 230. The van der Waals surface area contributed by atoms with Crippen molar-refractivity contribution in [3.63, 3.8) is 0 Å². The van der Waals surface area contributed by atoms with E-state index in [4.69, 9.17) is 4.74 Å². The highest BCUT2D eigenvalue weighted by molar-refractivity contribution is 8.01. The minimum Gasteiger partial charge on any atom is -0.381 e. The van der Waals surface area contributed by atoms with Crippen molar-refractivity contribution >= 4 is 17.7 Å². The summed E-state index contributed by atoms with van der Waals surface area (Å²) in [6.07, 6.45) is 2.30. The van der Waals surface area contributed by atoms with E-state index in [-0.39, 0.29) is 10.7 Å². The first-order valence-corrected chi connectivity index (χ1v) is 6.85. The quantitative estimate of drug-likeness (QED) is 0.763. The Labute approximate surface area is 103 Å². The molecule has 1 rings (SSSR count). The van der Waals surface area contributed by atoms with Crippen molar-refractivity contribution in [1.29, 1.82) is 0 Å². The van der Waals surface area contributed by atoms with Crippen LogP contribution >= 0.6 is 11.8 Å². The summed E-state index contributed by atoms with van der Waals surface area (Å²) in [5.74, 6) is 0.871. The average molecular weight is 245 g/mol. The molecule has 0 radical (unpaired) electrons. The Hall–Kier alpha value is -0.220. The zero-order valence-corrected chi connectivity index (χ0v) is 11.6. The van der Waals surface area contributed by atoms with Crippen LogP contribution < -0.4 is 0 Å². The fourth-order valence-corrected chi connectivity index (χ4v) is 2.45. The van der Waals surface area contributed by atoms with Crippen molar-refractivity contribution in [1.82, 2.24) is 4.90 Å². The third-order valence-electron chi connectivity index (χ3n) is 2.76. The Morgan fingerprint density at radius 2 is 1.94 bits per heavy atom. The zero-order chi connectivity index (χ0) is 12.2. The summed E-state index contributed by atoms with van der Waals surface area (Å²) in [5, 5.41) is 0. The summed E-state index contributed by atoms with van der Waals surface area (Å²) in [6.45, 7) is 8.12. The second-order valence-corrected chi connectivity index (χ2v) is 7.02. The van der Waals surface area contributed by atoms with Crippen LogP contribution in [0.2, 0.25) is 0 Å². The number of methoxy groups -OCH3 is 1. The Morgan fingerprint density at radius 3 is 2.38 bits per heavy atom. The Balaban J connectivity index is 2.28. The lowest BCUT2D eigenvalue weighted by molar-refractivity contribution is -0.130. The maximum atomic E-state index is 11.9. The third kappa shape index (κ3) is 4.74. The highest BCUT2D eigenvalue weighted by atomic mass is 32.2. The molecule has 0 spiro atoms. The molecular weight excluding hydrogens is 222 g/mol. The number of carbonyl (C=O) groups excluding carboxylic acids is 1. The fraction of sp³-hybridized carbons (Fsp3) is 0.917. The van der Waals surface area contributed by atoms with Gasteiger partial charge in [0.05, 0.1) is 11.9 Å². The first kappa shape index (κ1) is 13.8. The number of piperidine rings is 1. The number of hydrogen-bond donors (Lipinski definition) is 0. The number of nitrogens with zero attached hydrogens (tertiary/aromatic N) is 1. The summed E-state index contributed by atoms with van der Waals surface area (Å²) in [6, 6.07) is 0. The van der Waals surface area contributed by atoms with Gasteiger partial charge in [0, 0.05) is 24.9 Å². The average Bonchev–Trinajstić information content (AvgIpc) is 2.25. The van der Waals surface area contributed by atoms with Crippen LogP contribution in [0.25, 0.3) is 0 Å². The molecule has 0 aromatic heterocycles. The fourth-order valence-electron chi connectivity index (χ4n) is 1.71. The number of carbonyl (C=O) groups is 1. The molecule has 1 aliphatic heterocycles. The van der Waals surface area contributed by atoms with E-state index in [1.54, 1.807) is 18.9 Å². The summed E-state index contributed by atoms with van der Waals surface area (Å²) < 4.78 is 5.46. The summed E-state index contributed by atoms with van der Waals surface area (Å²) in [5.41, 5.74) is 0. The predicted octanol–water partition coefficient (Wildman–Crippen LogP) is 2.16. The van der Waals surface area contributed by atoms with Crippen LogP contribution in [0.4, 0.5) is 0 Å². The molecule has 1 heterocycles. The highest BCUT2D eigenvalue weighted by Crippen LogP contribution is 2.24. The SMILES string of the molecule is COC1CCN(C(=O)CSC(C)(C)C)CC1. The first-order chi connectivity index (χ1) is 7.42. The molecule has 0 atom stereocenters. The van der Waals surface area contributed by atoms with Crippen molar-refractivity contribution in [3.8, 4) is 0 Å². The lowest BCUT2D eigenvalue weighted by Gasteiger charge is -2.31. The van der Waals surface area contributed by atoms with Gasteiger partial charge in [-0.3, -0.25) is 4.79 Å². The smallest absolute Gasteiger partial charge is 0.232 e. The number of hydrogen-bond acceptors (Lipinski definition) is 3. The molecule has 0 aliphatic carbocycles. The molecule has 0 aromatic rings. The molecule has 1 fully saturated rings. The molecule has 4 heteroatoms. The molecule has 1 amide bonds. The van der Waals surface area contributed by atoms with Crippen molar-refractivity contribution < 1.29 is 9.53 Å². The van der Waals surface area contributed by atoms with Gasteiger partial charge in [0.15, 0.2) is 0 Å². The number of amides is 1. The van der Waals surface area contributed by atoms with E-state index in [9.17, 15) is 4.79 Å². The van der Waals surface area contributed by atoms with Crippen LogP contribution in [0, 0.1) is 0 Å². The number of ether oxygens (including phenoxy) is 1. The molecule has 94 valence electrons. The topological polar surface area (TPSA) is 29.5 Å². The van der Waals surface area contributed by atoms with Gasteiger partial charge in [-0.1, -0.05) is 20.8 Å². The van der Waals surface area contributed by atoms with Crippen molar-refractivity contribution in [2.24, 2.45) is 0 Å². The molecule has 0 unspecified atom stereocenters. The van der Waals surface area contributed by atoms with E-state index in [0.717, 1.165) is 25.9 Å². The van der Waals surface area contributed by atoms with Crippen LogP contribution in [0.15, 0.2) is 0 Å². The first-order valence-electron chi connectivity index (χ1n) is 5.87. The molecule has 0 N–H and O–H groups in total. The van der Waals surface area contributed by atoms with Crippen LogP contribution in [-0.2, 0) is 9.53 Å². The minimum absolute atomic E-state index is 0.167. The van der Waals surface area contributed by atoms with Crippen molar-refractivity contribution in [3.05, 3.63) is 0 Å². The van der Waals surface area contributed by atoms with Gasteiger partial charge < -0.3 is 9.64 Å². The maximum absolute atomic E-state index is 11.9. The van der Waals surface area contributed by atoms with Crippen LogP contribution in [-0.4, -0.2) is 47.6 Å². The maximum Gasteiger partial charge on any atom is 0.232 e. The lowest BCUT2D eigenvalue weighted by atomic mass is 10.1. The van der Waals surface area contributed by atoms with Gasteiger partial charge in [-0.25, -0.2) is 0 Å². The van der Waals surface area contributed by atoms with Gasteiger partial charge in [-0.15, -0.1) is 11.8 Å². The van der Waals surface area contributed by atoms with Crippen LogP contribution in [0.5, 0.6) is 0 Å². The molecule has 1 aliphatic rings. The predicted molar refractivity (Wildman–Crippen MR) is 68.8 cm³/mol. The summed E-state index contributed by atoms with van der Waals surface area (Å²) in [4.78, 5) is 13.9. The molecule has 3 nitrogen and oxygen atoms in total. The molecule has 1 saturated heterocycles. The van der Waals surface area contributed by atoms with E-state index < -0.39 is 0 Å². The van der Waals surface area contributed by atoms with Crippen molar-refractivity contribution in [2.75, 3.05) is 26.0 Å². The molecular formula is C12H23NO2S. The molecule has 0 saturated carbocycles. The number of thioether (sulfide) groups is 1. The molecule has 0 bridgehead atoms. The second kappa shape index (κ2) is 5.92. The van der Waals surface area contributed by atoms with E-state index in [1.165, 1.54) is 0 Å². The van der Waals surface area contributed by atoms with Crippen LogP contribution in [0.1, 0.15) is 33.6 Å². The standard InChI is InChI=1S/C12H23NO2S/c1-12(2,3)16-9-11(14)13-7-5-10(15-4)6-8-13/h10H,5-9H2,1-4H3. The van der Waals surface area contributed by atoms with E-state index in [2.05, 4.69) is 20.8 Å². The normalized spacial score (nSPS) is 18.9. The zero-order valence-electron chi connectivity index (χ0n) is 10.8. The summed E-state index contributed by atoms with van der Waals surface area (Å²) in [7, 11) is 1.75. The molecule has 16 heavy (non-hydrogen) atoms. The minimum atomic E-state index is 0.167. The van der Waals surface area contributed by atoms with E-state index in [0.29, 0.717) is 11.9 Å². The molecule has 0 aromatic carbocycles. The third-order valence-corrected chi connectivity index (χ3v) is 4.01. The highest BCUT2D eigenvalue weighted by Gasteiger charge is 2.23.